The summed E-state index contributed by atoms with van der Waals surface area (Å²) in [5.74, 6) is 0.131. The number of halogens is 1. The van der Waals surface area contributed by atoms with Gasteiger partial charge in [-0.05, 0) is 30.7 Å². The second-order valence-corrected chi connectivity index (χ2v) is 10.1. The third-order valence-electron chi connectivity index (χ3n) is 6.51. The number of benzene rings is 1. The molecular formula is C25H33ClN4O2. The summed E-state index contributed by atoms with van der Waals surface area (Å²) in [7, 11) is 1.71. The van der Waals surface area contributed by atoms with Crippen LogP contribution in [-0.4, -0.2) is 67.8 Å². The van der Waals surface area contributed by atoms with Gasteiger partial charge in [-0.1, -0.05) is 37.6 Å². The molecular weight excluding hydrogens is 424 g/mol. The van der Waals surface area contributed by atoms with Gasteiger partial charge in [0.05, 0.1) is 18.8 Å². The molecule has 7 heteroatoms. The molecule has 6 nitrogen and oxygen atoms in total. The molecule has 0 spiro atoms. The van der Waals surface area contributed by atoms with Gasteiger partial charge in [0.1, 0.15) is 0 Å². The zero-order valence-corrected chi connectivity index (χ0v) is 20.2. The number of rotatable bonds is 6. The minimum atomic E-state index is -0.130. The van der Waals surface area contributed by atoms with Crippen LogP contribution in [0.5, 0.6) is 0 Å². The lowest BCUT2D eigenvalue weighted by molar-refractivity contribution is -0.121. The third kappa shape index (κ3) is 4.99. The minimum absolute atomic E-state index is 0.130. The van der Waals surface area contributed by atoms with Crippen LogP contribution in [0.15, 0.2) is 36.5 Å². The van der Waals surface area contributed by atoms with Gasteiger partial charge in [0, 0.05) is 73.1 Å². The fourth-order valence-electron chi connectivity index (χ4n) is 4.81. The van der Waals surface area contributed by atoms with Crippen LogP contribution in [0, 0.1) is 0 Å². The zero-order valence-electron chi connectivity index (χ0n) is 19.4. The summed E-state index contributed by atoms with van der Waals surface area (Å²) in [6.07, 6.45) is 2.63. The number of fused-ring (bicyclic) bond motifs is 1. The molecule has 1 aromatic carbocycles. The molecule has 1 aromatic heterocycles. The van der Waals surface area contributed by atoms with Crippen molar-refractivity contribution in [3.8, 4) is 0 Å². The van der Waals surface area contributed by atoms with Gasteiger partial charge in [-0.2, -0.15) is 0 Å². The van der Waals surface area contributed by atoms with Crippen LogP contribution < -0.4 is 10.2 Å². The van der Waals surface area contributed by atoms with E-state index in [1.807, 2.05) is 29.3 Å². The fraction of sp³-hybridized carbons (Fsp3) is 0.520. The molecule has 0 unspecified atom stereocenters. The van der Waals surface area contributed by atoms with Crippen LogP contribution in [0.2, 0.25) is 5.02 Å². The molecule has 1 fully saturated rings. The Kier molecular flexibility index (Phi) is 6.86. The van der Waals surface area contributed by atoms with Crippen molar-refractivity contribution >= 4 is 23.2 Å². The molecule has 3 heterocycles. The number of pyridine rings is 1. The van der Waals surface area contributed by atoms with E-state index < -0.39 is 0 Å². The molecule has 2 atom stereocenters. The van der Waals surface area contributed by atoms with Gasteiger partial charge in [0.15, 0.2) is 0 Å². The van der Waals surface area contributed by atoms with Gasteiger partial charge in [-0.15, -0.1) is 0 Å². The van der Waals surface area contributed by atoms with Crippen molar-refractivity contribution in [3.05, 3.63) is 58.4 Å². The van der Waals surface area contributed by atoms with E-state index in [1.54, 1.807) is 7.11 Å². The van der Waals surface area contributed by atoms with E-state index in [0.29, 0.717) is 32.2 Å². The van der Waals surface area contributed by atoms with Crippen molar-refractivity contribution < 1.29 is 9.53 Å². The van der Waals surface area contributed by atoms with Gasteiger partial charge < -0.3 is 15.0 Å². The molecule has 0 bridgehead atoms. The first-order valence-corrected chi connectivity index (χ1v) is 11.6. The van der Waals surface area contributed by atoms with Gasteiger partial charge in [-0.3, -0.25) is 14.7 Å². The number of nitrogens with zero attached hydrogens (tertiary/aromatic N) is 3. The van der Waals surface area contributed by atoms with Crippen LogP contribution in [0.25, 0.3) is 0 Å². The number of nitrogens with one attached hydrogen (secondary N) is 1. The number of aromatic nitrogens is 1. The lowest BCUT2D eigenvalue weighted by Gasteiger charge is -2.39. The fourth-order valence-corrected chi connectivity index (χ4v) is 5.03. The quantitative estimate of drug-likeness (QED) is 0.723. The summed E-state index contributed by atoms with van der Waals surface area (Å²) in [6, 6.07) is 10.5. The summed E-state index contributed by atoms with van der Waals surface area (Å²) < 4.78 is 5.40. The summed E-state index contributed by atoms with van der Waals surface area (Å²) >= 11 is 6.15. The van der Waals surface area contributed by atoms with Crippen molar-refractivity contribution in [2.24, 2.45) is 0 Å². The topological polar surface area (TPSA) is 57.7 Å². The molecule has 2 aliphatic rings. The predicted molar refractivity (Wildman–Crippen MR) is 129 cm³/mol. The molecule has 1 saturated heterocycles. The maximum atomic E-state index is 13.5. The van der Waals surface area contributed by atoms with Crippen molar-refractivity contribution in [1.29, 1.82) is 0 Å². The Hall–Kier alpha value is -1.99. The maximum Gasteiger partial charge on any atom is 0.241 e. The number of carbonyl (C=O) groups excluding carboxylic acids is 1. The first-order valence-electron chi connectivity index (χ1n) is 11.3. The molecule has 4 rings (SSSR count). The number of piperazine rings is 1. The Bertz CT molecular complexity index is 980. The van der Waals surface area contributed by atoms with Crippen molar-refractivity contribution in [3.63, 3.8) is 0 Å². The summed E-state index contributed by atoms with van der Waals surface area (Å²) in [5, 5.41) is 4.21. The predicted octanol–water partition coefficient (Wildman–Crippen LogP) is 3.26. The van der Waals surface area contributed by atoms with Crippen molar-refractivity contribution in [2.45, 2.75) is 44.7 Å². The van der Waals surface area contributed by atoms with Gasteiger partial charge >= 0.3 is 0 Å². The number of hydrogen-bond donors (Lipinski definition) is 1. The Morgan fingerprint density at radius 1 is 1.34 bits per heavy atom. The van der Waals surface area contributed by atoms with E-state index in [-0.39, 0.29) is 17.4 Å². The molecule has 0 aliphatic carbocycles. The minimum Gasteiger partial charge on any atom is -0.383 e. The normalized spacial score (nSPS) is 22.7. The van der Waals surface area contributed by atoms with Gasteiger partial charge in [-0.25, -0.2) is 0 Å². The molecule has 0 radical (unpaired) electrons. The Morgan fingerprint density at radius 3 is 2.91 bits per heavy atom. The number of methoxy groups -OCH3 is 1. The lowest BCUT2D eigenvalue weighted by Crippen LogP contribution is -2.59. The average Bonchev–Trinajstić information content (AvgIpc) is 3.01. The highest BCUT2D eigenvalue weighted by Crippen LogP contribution is 2.40. The number of anilines is 1. The van der Waals surface area contributed by atoms with Crippen LogP contribution >= 0.6 is 11.6 Å². The van der Waals surface area contributed by atoms with Crippen LogP contribution in [0.4, 0.5) is 5.69 Å². The molecule has 0 saturated carbocycles. The molecule has 2 aromatic rings. The Balaban J connectivity index is 1.56. The monoisotopic (exact) mass is 456 g/mol. The number of amides is 1. The smallest absolute Gasteiger partial charge is 0.241 e. The second kappa shape index (κ2) is 9.48. The van der Waals surface area contributed by atoms with Crippen LogP contribution in [0.3, 0.4) is 0 Å². The molecule has 2 aliphatic heterocycles. The van der Waals surface area contributed by atoms with Crippen LogP contribution in [0.1, 0.15) is 37.6 Å². The van der Waals surface area contributed by atoms with E-state index in [9.17, 15) is 4.79 Å². The summed E-state index contributed by atoms with van der Waals surface area (Å²) in [5.41, 5.74) is 4.03. The lowest BCUT2D eigenvalue weighted by atomic mass is 9.88. The van der Waals surface area contributed by atoms with Gasteiger partial charge in [0.25, 0.3) is 0 Å². The molecule has 32 heavy (non-hydrogen) atoms. The maximum absolute atomic E-state index is 13.5. The number of carbonyl (C=O) groups is 1. The van der Waals surface area contributed by atoms with E-state index >= 15 is 0 Å². The highest BCUT2D eigenvalue weighted by atomic mass is 35.5. The Labute approximate surface area is 195 Å². The molecule has 172 valence electrons. The van der Waals surface area contributed by atoms with E-state index in [4.69, 9.17) is 21.3 Å². The largest absolute Gasteiger partial charge is 0.383 e. The van der Waals surface area contributed by atoms with Crippen molar-refractivity contribution in [2.75, 3.05) is 44.8 Å². The van der Waals surface area contributed by atoms with E-state index in [1.165, 1.54) is 0 Å². The third-order valence-corrected chi connectivity index (χ3v) is 6.75. The molecule has 1 amide bonds. The first-order chi connectivity index (χ1) is 15.3. The van der Waals surface area contributed by atoms with E-state index in [0.717, 1.165) is 40.6 Å². The van der Waals surface area contributed by atoms with Gasteiger partial charge in [0.2, 0.25) is 5.91 Å². The van der Waals surface area contributed by atoms with Crippen molar-refractivity contribution in [1.82, 2.24) is 15.2 Å². The summed E-state index contributed by atoms with van der Waals surface area (Å²) in [4.78, 5) is 22.4. The SMILES string of the molecule is COC[C@H]1CN[C@H](C)CN1CC(=O)N1CC(C)(C)c2cnc(Cc3cccc(Cl)c3)cc21. The number of ether oxygens (including phenoxy) is 1. The first kappa shape index (κ1) is 23.2. The Morgan fingerprint density at radius 2 is 2.16 bits per heavy atom. The zero-order chi connectivity index (χ0) is 22.9. The van der Waals surface area contributed by atoms with E-state index in [2.05, 4.69) is 43.1 Å². The number of hydrogen-bond acceptors (Lipinski definition) is 5. The highest BCUT2D eigenvalue weighted by Gasteiger charge is 2.39. The standard InChI is InChI=1S/C25H33ClN4O2/c1-17-13-29(21(11-27-17)15-32-4)14-24(31)30-16-25(2,3)22-12-28-20(10-23(22)30)9-18-6-5-7-19(26)8-18/h5-8,10,12,17,21,27H,9,11,13-16H2,1-4H3/t17-,21-/m1/s1. The highest BCUT2D eigenvalue weighted by molar-refractivity contribution is 6.30. The summed E-state index contributed by atoms with van der Waals surface area (Å²) in [6.45, 7) is 9.85. The second-order valence-electron chi connectivity index (χ2n) is 9.71. The average molecular weight is 457 g/mol. The molecule has 1 N–H and O–H groups in total. The van der Waals surface area contributed by atoms with Crippen LogP contribution in [-0.2, 0) is 21.4 Å².